The fourth-order valence-corrected chi connectivity index (χ4v) is 5.64. The van der Waals surface area contributed by atoms with Gasteiger partial charge in [0.05, 0.1) is 30.4 Å². The number of halogens is 1. The third kappa shape index (κ3) is 5.08. The molecule has 1 heterocycles. The van der Waals surface area contributed by atoms with Gasteiger partial charge in [0.15, 0.2) is 0 Å². The number of ketones is 1. The number of hydrogen-bond acceptors (Lipinski definition) is 4. The third-order valence-corrected chi connectivity index (χ3v) is 7.52. The number of amides is 1. The van der Waals surface area contributed by atoms with Gasteiger partial charge in [-0.05, 0) is 53.9 Å². The van der Waals surface area contributed by atoms with Crippen molar-refractivity contribution in [3.63, 3.8) is 0 Å². The highest BCUT2D eigenvalue weighted by molar-refractivity contribution is 6.01. The van der Waals surface area contributed by atoms with Crippen molar-refractivity contribution in [2.45, 2.75) is 51.0 Å². The molecule has 1 amide bonds. The number of para-hydroxylation sites is 2. The van der Waals surface area contributed by atoms with E-state index in [1.807, 2.05) is 54.6 Å². The van der Waals surface area contributed by atoms with Crippen molar-refractivity contribution in [2.24, 2.45) is 5.92 Å². The van der Waals surface area contributed by atoms with Crippen molar-refractivity contribution in [3.8, 4) is 5.75 Å². The highest BCUT2D eigenvalue weighted by atomic mass is 19.1. The van der Waals surface area contributed by atoms with Crippen molar-refractivity contribution in [1.29, 1.82) is 0 Å². The second-order valence-electron chi connectivity index (χ2n) is 10.0. The molecule has 1 aliphatic heterocycles. The van der Waals surface area contributed by atoms with Crippen LogP contribution in [0.1, 0.15) is 62.1 Å². The molecular formula is C32H33FN2O3. The maximum absolute atomic E-state index is 14.5. The summed E-state index contributed by atoms with van der Waals surface area (Å²) in [5.41, 5.74) is 3.83. The summed E-state index contributed by atoms with van der Waals surface area (Å²) >= 11 is 0. The lowest BCUT2D eigenvalue weighted by Crippen LogP contribution is -2.42. The first-order valence-electron chi connectivity index (χ1n) is 13.3. The molecule has 3 aromatic carbocycles. The average molecular weight is 513 g/mol. The van der Waals surface area contributed by atoms with Crippen LogP contribution >= 0.6 is 0 Å². The highest BCUT2D eigenvalue weighted by Crippen LogP contribution is 2.48. The summed E-state index contributed by atoms with van der Waals surface area (Å²) in [5, 5.41) is 3.51. The number of allylic oxidation sites excluding steroid dienone is 1. The number of carbonyl (C=O) groups excluding carboxylic acids is 2. The molecule has 3 aromatic rings. The van der Waals surface area contributed by atoms with E-state index < -0.39 is 17.8 Å². The van der Waals surface area contributed by atoms with Crippen LogP contribution in [0.4, 0.5) is 15.8 Å². The molecule has 1 aliphatic carbocycles. The third-order valence-electron chi connectivity index (χ3n) is 7.52. The van der Waals surface area contributed by atoms with Crippen LogP contribution in [0.2, 0.25) is 0 Å². The summed E-state index contributed by atoms with van der Waals surface area (Å²) in [5.74, 6) is -0.451. The number of rotatable bonds is 7. The minimum atomic E-state index is -0.661. The minimum Gasteiger partial charge on any atom is -0.497 e. The van der Waals surface area contributed by atoms with Crippen molar-refractivity contribution in [3.05, 3.63) is 102 Å². The summed E-state index contributed by atoms with van der Waals surface area (Å²) in [4.78, 5) is 29.6. The molecule has 5 rings (SSSR count). The number of unbranched alkanes of at least 4 members (excludes halogenated alkanes) is 2. The van der Waals surface area contributed by atoms with Crippen molar-refractivity contribution in [2.75, 3.05) is 17.3 Å². The van der Waals surface area contributed by atoms with E-state index in [2.05, 4.69) is 18.3 Å². The lowest BCUT2D eigenvalue weighted by Gasteiger charge is -2.37. The van der Waals surface area contributed by atoms with Gasteiger partial charge in [0.2, 0.25) is 5.91 Å². The Morgan fingerprint density at radius 1 is 1.03 bits per heavy atom. The smallest absolute Gasteiger partial charge is 0.227 e. The normalized spacial score (nSPS) is 20.5. The number of ether oxygens (including phenoxy) is 1. The zero-order valence-electron chi connectivity index (χ0n) is 21.8. The fourth-order valence-electron chi connectivity index (χ4n) is 5.64. The van der Waals surface area contributed by atoms with Gasteiger partial charge in [0.25, 0.3) is 0 Å². The molecule has 3 atom stereocenters. The Bertz CT molecular complexity index is 1350. The molecule has 196 valence electrons. The molecule has 2 aliphatic rings. The lowest BCUT2D eigenvalue weighted by atomic mass is 9.76. The molecule has 0 fully saturated rings. The number of Topliss-reactive ketones (excluding diaryl/α,β-unsaturated/α-hetero) is 1. The summed E-state index contributed by atoms with van der Waals surface area (Å²) in [6.45, 7) is 2.10. The van der Waals surface area contributed by atoms with Crippen LogP contribution in [-0.4, -0.2) is 18.8 Å². The molecule has 0 unspecified atom stereocenters. The van der Waals surface area contributed by atoms with Gasteiger partial charge in [-0.2, -0.15) is 0 Å². The quantitative estimate of drug-likeness (QED) is 0.341. The molecule has 6 heteroatoms. The zero-order valence-corrected chi connectivity index (χ0v) is 21.8. The molecule has 0 bridgehead atoms. The zero-order chi connectivity index (χ0) is 26.6. The number of nitrogens with zero attached hydrogens (tertiary/aromatic N) is 1. The van der Waals surface area contributed by atoms with Gasteiger partial charge in [-0.3, -0.25) is 9.59 Å². The first-order valence-corrected chi connectivity index (χ1v) is 13.3. The van der Waals surface area contributed by atoms with Gasteiger partial charge in [-0.15, -0.1) is 0 Å². The first kappa shape index (κ1) is 25.7. The van der Waals surface area contributed by atoms with Crippen LogP contribution in [0.25, 0.3) is 0 Å². The Kier molecular flexibility index (Phi) is 7.59. The van der Waals surface area contributed by atoms with Gasteiger partial charge < -0.3 is 15.0 Å². The predicted molar refractivity (Wildman–Crippen MR) is 148 cm³/mol. The average Bonchev–Trinajstić information content (AvgIpc) is 3.08. The number of fused-ring (bicyclic) bond motifs is 2. The highest BCUT2D eigenvalue weighted by Gasteiger charge is 2.45. The van der Waals surface area contributed by atoms with E-state index in [4.69, 9.17) is 4.74 Å². The van der Waals surface area contributed by atoms with E-state index in [9.17, 15) is 14.0 Å². The molecule has 0 saturated carbocycles. The largest absolute Gasteiger partial charge is 0.497 e. The Labute approximate surface area is 223 Å². The summed E-state index contributed by atoms with van der Waals surface area (Å²) < 4.78 is 19.8. The van der Waals surface area contributed by atoms with Gasteiger partial charge in [0, 0.05) is 24.5 Å². The van der Waals surface area contributed by atoms with E-state index >= 15 is 0 Å². The maximum Gasteiger partial charge on any atom is 0.227 e. The lowest BCUT2D eigenvalue weighted by molar-refractivity contribution is -0.123. The molecule has 5 nitrogen and oxygen atoms in total. The number of carbonyl (C=O) groups is 2. The number of methoxy groups -OCH3 is 1. The van der Waals surface area contributed by atoms with Gasteiger partial charge in [-0.1, -0.05) is 62.2 Å². The van der Waals surface area contributed by atoms with Crippen LogP contribution in [0.5, 0.6) is 5.75 Å². The van der Waals surface area contributed by atoms with Crippen LogP contribution in [-0.2, 0) is 9.59 Å². The van der Waals surface area contributed by atoms with Crippen molar-refractivity contribution >= 4 is 23.1 Å². The topological polar surface area (TPSA) is 58.6 Å². The van der Waals surface area contributed by atoms with Crippen molar-refractivity contribution in [1.82, 2.24) is 0 Å². The van der Waals surface area contributed by atoms with E-state index in [1.54, 1.807) is 18.1 Å². The first-order chi connectivity index (χ1) is 18.5. The molecule has 0 saturated heterocycles. The van der Waals surface area contributed by atoms with Gasteiger partial charge >= 0.3 is 0 Å². The van der Waals surface area contributed by atoms with E-state index in [1.165, 1.54) is 12.1 Å². The molecule has 38 heavy (non-hydrogen) atoms. The minimum absolute atomic E-state index is 0.0178. The SMILES string of the molecule is CCCCCC(=O)N1c2ccccc2NC2=C[C@@H](c3ccc(OC)cc3)CC(=O)[C@H]2[C@@H]1c1cccc(F)c1. The Balaban J connectivity index is 1.65. The summed E-state index contributed by atoms with van der Waals surface area (Å²) in [7, 11) is 1.63. The summed E-state index contributed by atoms with van der Waals surface area (Å²) in [6.07, 6.45) is 5.46. The Hall–Kier alpha value is -3.93. The Morgan fingerprint density at radius 2 is 1.82 bits per heavy atom. The number of hydrogen-bond donors (Lipinski definition) is 1. The number of nitrogens with one attached hydrogen (secondary N) is 1. The molecular weight excluding hydrogens is 479 g/mol. The number of anilines is 2. The van der Waals surface area contributed by atoms with Gasteiger partial charge in [-0.25, -0.2) is 4.39 Å². The predicted octanol–water partition coefficient (Wildman–Crippen LogP) is 7.17. The Morgan fingerprint density at radius 3 is 2.55 bits per heavy atom. The molecule has 0 aromatic heterocycles. The molecule has 0 spiro atoms. The van der Waals surface area contributed by atoms with E-state index in [0.29, 0.717) is 24.1 Å². The van der Waals surface area contributed by atoms with Crippen LogP contribution in [0, 0.1) is 11.7 Å². The van der Waals surface area contributed by atoms with Crippen molar-refractivity contribution < 1.29 is 18.7 Å². The maximum atomic E-state index is 14.5. The second-order valence-corrected chi connectivity index (χ2v) is 10.0. The summed E-state index contributed by atoms with van der Waals surface area (Å²) in [6, 6.07) is 21.0. The van der Waals surface area contributed by atoms with Crippen LogP contribution in [0.15, 0.2) is 84.6 Å². The monoisotopic (exact) mass is 512 g/mol. The molecule has 0 radical (unpaired) electrons. The standard InChI is InChI=1S/C32H33FN2O3/c1-3-4-5-13-30(37)35-28-12-7-6-11-26(28)34-27-19-23(21-14-16-25(38-2)17-15-21)20-29(36)31(27)32(35)22-9-8-10-24(33)18-22/h6-12,14-19,23,31-32,34H,3-5,13,20H2,1-2H3/t23-,31+,32+/m1/s1. The number of benzene rings is 3. The van der Waals surface area contributed by atoms with Crippen LogP contribution < -0.4 is 15.0 Å². The van der Waals surface area contributed by atoms with Crippen LogP contribution in [0.3, 0.4) is 0 Å². The van der Waals surface area contributed by atoms with Gasteiger partial charge in [0.1, 0.15) is 17.3 Å². The second kappa shape index (κ2) is 11.2. The van der Waals surface area contributed by atoms with E-state index in [0.717, 1.165) is 42.0 Å². The van der Waals surface area contributed by atoms with E-state index in [-0.39, 0.29) is 17.6 Å². The molecule has 1 N–H and O–H groups in total. The fraction of sp³-hybridized carbons (Fsp3) is 0.312.